The maximum Gasteiger partial charge on any atom is -0.199 e. The fourth-order valence-electron chi connectivity index (χ4n) is 0. The first-order valence-corrected chi connectivity index (χ1v) is 5.63. The van der Waals surface area contributed by atoms with Crippen molar-refractivity contribution < 1.29 is 0 Å². The third-order valence-corrected chi connectivity index (χ3v) is 0.750. The van der Waals surface area contributed by atoms with Gasteiger partial charge in [0.15, 0.2) is 0 Å². The zero-order chi connectivity index (χ0) is 5.41. The first-order chi connectivity index (χ1) is 2.91. The normalized spacial score (nSPS) is 6.00. The molecule has 0 unspecified atom stereocenters. The number of hydrogen-bond donors (Lipinski definition) is 0. The third-order valence-electron chi connectivity index (χ3n) is 0.0833. The Morgan fingerprint density at radius 2 is 1.33 bits per heavy atom. The molecule has 0 heterocycles. The van der Waals surface area contributed by atoms with E-state index in [0.29, 0.717) is 0 Å². The van der Waals surface area contributed by atoms with Crippen molar-refractivity contribution in [3.8, 4) is 0 Å². The van der Waals surface area contributed by atoms with Gasteiger partial charge in [0.25, 0.3) is 0 Å². The molecule has 0 spiro atoms. The molecule has 0 aliphatic carbocycles. The summed E-state index contributed by atoms with van der Waals surface area (Å²) >= 11 is 10.1. The number of hydrogen-bond acceptors (Lipinski definition) is 2. The maximum absolute atomic E-state index is 4.69. The largest absolute Gasteiger partial charge is 0.794 e. The molecule has 0 bridgehead atoms. The molecular weight excluding hydrogens is 245 g/mol. The van der Waals surface area contributed by atoms with Gasteiger partial charge < -0.3 is 25.3 Å². The topological polar surface area (TPSA) is 0 Å². The molecule has 0 aromatic rings. The Morgan fingerprint density at radius 1 is 1.17 bits per heavy atom. The summed E-state index contributed by atoms with van der Waals surface area (Å²) in [4.78, 5) is 0. The molecule has 0 fully saturated rings. The Hall–Kier alpha value is 1.81. The van der Waals surface area contributed by atoms with Crippen LogP contribution in [0.5, 0.6) is 0 Å². The summed E-state index contributed by atoms with van der Waals surface area (Å²) in [5, 5.41) is 0. The Labute approximate surface area is 67.0 Å². The first kappa shape index (κ1) is 10.7. The molecule has 38 valence electrons. The van der Waals surface area contributed by atoms with Gasteiger partial charge in [0.1, 0.15) is 0 Å². The molecular formula is C2H4ClS2Sb-2. The zero-order valence-corrected chi connectivity index (χ0v) is 8.00. The third kappa shape index (κ3) is 17.0. The van der Waals surface area contributed by atoms with E-state index in [4.69, 9.17) is 0 Å². The molecule has 0 rings (SSSR count). The fraction of sp³-hybridized carbons (Fsp3) is 1.00. The molecule has 0 amide bonds. The molecule has 0 aromatic carbocycles. The van der Waals surface area contributed by atoms with Crippen molar-refractivity contribution in [3.05, 3.63) is 0 Å². The first-order valence-electron chi connectivity index (χ1n) is 1.25. The van der Waals surface area contributed by atoms with Gasteiger partial charge in [-0.2, -0.15) is 11.5 Å². The summed E-state index contributed by atoms with van der Waals surface area (Å²) in [5.41, 5.74) is 0. The van der Waals surface area contributed by atoms with Gasteiger partial charge in [-0.15, -0.1) is 0 Å². The van der Waals surface area contributed by atoms with Gasteiger partial charge in [-0.05, 0) is 0 Å². The van der Waals surface area contributed by atoms with E-state index in [2.05, 4.69) is 34.1 Å². The van der Waals surface area contributed by atoms with Crippen molar-refractivity contribution in [2.75, 3.05) is 11.5 Å². The van der Waals surface area contributed by atoms with Crippen LogP contribution in [0.1, 0.15) is 0 Å². The van der Waals surface area contributed by atoms with E-state index in [1.54, 1.807) is 0 Å². The number of rotatable bonds is 1. The Bertz CT molecular complexity index is 13.5. The second kappa shape index (κ2) is 15.8. The van der Waals surface area contributed by atoms with Gasteiger partial charge in [-0.1, -0.05) is 0 Å². The van der Waals surface area contributed by atoms with Crippen molar-refractivity contribution >= 4 is 56.0 Å². The SMILES string of the molecule is [Cl][Sb].[S-]CC[S-]. The van der Waals surface area contributed by atoms with Crippen LogP contribution in [0.3, 0.4) is 0 Å². The minimum Gasteiger partial charge on any atom is -0.794 e. The van der Waals surface area contributed by atoms with E-state index in [0.717, 1.165) is 11.5 Å². The fourth-order valence-corrected chi connectivity index (χ4v) is 0. The smallest absolute Gasteiger partial charge is 0.199 e. The van der Waals surface area contributed by atoms with Gasteiger partial charge in [0, 0.05) is 0 Å². The van der Waals surface area contributed by atoms with Gasteiger partial charge in [0.05, 0.1) is 0 Å². The Kier molecular flexibility index (Phi) is 28.3. The van der Waals surface area contributed by atoms with Crippen molar-refractivity contribution in [2.45, 2.75) is 0 Å². The Morgan fingerprint density at radius 3 is 1.33 bits per heavy atom. The maximum atomic E-state index is 4.69. The standard InChI is InChI=1S/C2H6S2.ClH.Sb/c3-1-2-4;;/h3-4H,1-2H2;1H;/q;;+1/p-3. The average molecular weight is 249 g/mol. The minimum absolute atomic E-state index is 0.718. The average Bonchev–Trinajstić information content (AvgIpc) is 1.72. The summed E-state index contributed by atoms with van der Waals surface area (Å²) in [7, 11) is 4.69. The van der Waals surface area contributed by atoms with Crippen LogP contribution in [0.2, 0.25) is 0 Å². The van der Waals surface area contributed by atoms with Crippen molar-refractivity contribution in [1.82, 2.24) is 0 Å². The summed E-state index contributed by atoms with van der Waals surface area (Å²) in [5.74, 6) is 1.44. The quantitative estimate of drug-likeness (QED) is 0.487. The monoisotopic (exact) mass is 248 g/mol. The van der Waals surface area contributed by atoms with E-state index < -0.39 is 0 Å². The van der Waals surface area contributed by atoms with Crippen LogP contribution in [0.4, 0.5) is 0 Å². The molecule has 0 saturated heterocycles. The molecule has 6 heavy (non-hydrogen) atoms. The molecule has 2 radical (unpaired) electrons. The minimum atomic E-state index is 0.718. The molecule has 4 heteroatoms. The summed E-state index contributed by atoms with van der Waals surface area (Å²) in [6.07, 6.45) is 0. The molecule has 0 aromatic heterocycles. The molecule has 0 aliphatic rings. The summed E-state index contributed by atoms with van der Waals surface area (Å²) in [6.45, 7) is 0. The van der Waals surface area contributed by atoms with E-state index in [-0.39, 0.29) is 0 Å². The second-order valence-corrected chi connectivity index (χ2v) is 1.22. The van der Waals surface area contributed by atoms with Crippen molar-refractivity contribution in [3.63, 3.8) is 0 Å². The molecule has 0 aliphatic heterocycles. The zero-order valence-electron chi connectivity index (χ0n) is 3.06. The molecule has 0 saturated carbocycles. The van der Waals surface area contributed by atoms with Crippen LogP contribution in [0, 0.1) is 0 Å². The van der Waals surface area contributed by atoms with Crippen molar-refractivity contribution in [1.29, 1.82) is 0 Å². The Balaban J connectivity index is 0. The molecule has 0 N–H and O–H groups in total. The number of halogens is 1. The van der Waals surface area contributed by atoms with Crippen molar-refractivity contribution in [2.24, 2.45) is 0 Å². The predicted molar refractivity (Wildman–Crippen MR) is 36.1 cm³/mol. The van der Waals surface area contributed by atoms with Gasteiger partial charge >= 0.3 is 30.7 Å². The molecule has 0 atom stereocenters. The van der Waals surface area contributed by atoms with Crippen LogP contribution in [-0.4, -0.2) is 33.4 Å². The second-order valence-electron chi connectivity index (χ2n) is 0.408. The van der Waals surface area contributed by atoms with Crippen LogP contribution in [0.25, 0.3) is 0 Å². The van der Waals surface area contributed by atoms with E-state index in [1.807, 2.05) is 0 Å². The van der Waals surface area contributed by atoms with E-state index in [1.165, 1.54) is 21.9 Å². The van der Waals surface area contributed by atoms with E-state index in [9.17, 15) is 0 Å². The van der Waals surface area contributed by atoms with Crippen LogP contribution < -0.4 is 0 Å². The van der Waals surface area contributed by atoms with Crippen LogP contribution in [-0.2, 0) is 25.3 Å². The van der Waals surface area contributed by atoms with Crippen LogP contribution in [0.15, 0.2) is 0 Å². The molecule has 0 nitrogen and oxygen atoms in total. The van der Waals surface area contributed by atoms with Gasteiger partial charge in [0.2, 0.25) is 0 Å². The van der Waals surface area contributed by atoms with Crippen LogP contribution >= 0.6 is 8.83 Å². The predicted octanol–water partition coefficient (Wildman–Crippen LogP) is 0.389. The summed E-state index contributed by atoms with van der Waals surface area (Å²) < 4.78 is 0. The van der Waals surface area contributed by atoms with Gasteiger partial charge in [-0.25, -0.2) is 0 Å². The van der Waals surface area contributed by atoms with E-state index >= 15 is 0 Å². The summed E-state index contributed by atoms with van der Waals surface area (Å²) in [6, 6.07) is 0. The van der Waals surface area contributed by atoms with Gasteiger partial charge in [-0.3, -0.25) is 0 Å².